The second-order valence-electron chi connectivity index (χ2n) is 4.42. The Morgan fingerprint density at radius 1 is 1.05 bits per heavy atom. The first-order valence-electron chi connectivity index (χ1n) is 6.73. The SMILES string of the molecule is O=[N+]([O-])c1ccccc1OCCCCCCCCO. The molecule has 0 aliphatic carbocycles. The second-order valence-corrected chi connectivity index (χ2v) is 4.42. The molecule has 1 N–H and O–H groups in total. The van der Waals surface area contributed by atoms with Crippen LogP contribution in [-0.2, 0) is 0 Å². The zero-order chi connectivity index (χ0) is 13.9. The van der Waals surface area contributed by atoms with Crippen LogP contribution in [0.5, 0.6) is 5.75 Å². The third kappa shape index (κ3) is 6.20. The number of aliphatic hydroxyl groups is 1. The Hall–Kier alpha value is -1.62. The van der Waals surface area contributed by atoms with Gasteiger partial charge in [-0.3, -0.25) is 10.1 Å². The predicted octanol–water partition coefficient (Wildman–Crippen LogP) is 3.31. The number of unbranched alkanes of at least 4 members (excludes halogenated alkanes) is 5. The van der Waals surface area contributed by atoms with E-state index in [1.807, 2.05) is 0 Å². The number of ether oxygens (including phenoxy) is 1. The van der Waals surface area contributed by atoms with Gasteiger partial charge in [0.2, 0.25) is 0 Å². The first-order valence-corrected chi connectivity index (χ1v) is 6.73. The molecule has 106 valence electrons. The lowest BCUT2D eigenvalue weighted by atomic mass is 10.1. The van der Waals surface area contributed by atoms with Gasteiger partial charge in [-0.05, 0) is 18.9 Å². The van der Waals surface area contributed by atoms with Crippen molar-refractivity contribution in [3.05, 3.63) is 34.4 Å². The number of benzene rings is 1. The van der Waals surface area contributed by atoms with E-state index in [0.29, 0.717) is 12.4 Å². The maximum atomic E-state index is 10.8. The van der Waals surface area contributed by atoms with Gasteiger partial charge in [-0.25, -0.2) is 0 Å². The molecule has 19 heavy (non-hydrogen) atoms. The van der Waals surface area contributed by atoms with Crippen molar-refractivity contribution in [2.75, 3.05) is 13.2 Å². The van der Waals surface area contributed by atoms with Gasteiger partial charge in [-0.2, -0.15) is 0 Å². The van der Waals surface area contributed by atoms with Crippen molar-refractivity contribution >= 4 is 5.69 Å². The summed E-state index contributed by atoms with van der Waals surface area (Å²) in [6.45, 7) is 0.769. The molecule has 0 saturated heterocycles. The summed E-state index contributed by atoms with van der Waals surface area (Å²) >= 11 is 0. The standard InChI is InChI=1S/C14H21NO4/c16-11-7-3-1-2-4-8-12-19-14-10-6-5-9-13(14)15(17)18/h5-6,9-10,16H,1-4,7-8,11-12H2. The van der Waals surface area contributed by atoms with Gasteiger partial charge >= 0.3 is 5.69 Å². The van der Waals surface area contributed by atoms with E-state index < -0.39 is 4.92 Å². The highest BCUT2D eigenvalue weighted by atomic mass is 16.6. The lowest BCUT2D eigenvalue weighted by Crippen LogP contribution is -2.00. The molecule has 0 heterocycles. The van der Waals surface area contributed by atoms with Gasteiger partial charge in [0, 0.05) is 12.7 Å². The van der Waals surface area contributed by atoms with E-state index in [1.54, 1.807) is 18.2 Å². The van der Waals surface area contributed by atoms with E-state index in [-0.39, 0.29) is 12.3 Å². The van der Waals surface area contributed by atoms with Crippen LogP contribution >= 0.6 is 0 Å². The quantitative estimate of drug-likeness (QED) is 0.401. The predicted molar refractivity (Wildman–Crippen MR) is 73.4 cm³/mol. The molecule has 0 unspecified atom stereocenters. The van der Waals surface area contributed by atoms with Crippen LogP contribution in [0.3, 0.4) is 0 Å². The van der Waals surface area contributed by atoms with Crippen LogP contribution in [0.4, 0.5) is 5.69 Å². The van der Waals surface area contributed by atoms with E-state index in [2.05, 4.69) is 0 Å². The average molecular weight is 267 g/mol. The lowest BCUT2D eigenvalue weighted by Gasteiger charge is -2.06. The van der Waals surface area contributed by atoms with E-state index in [0.717, 1.165) is 38.5 Å². The lowest BCUT2D eigenvalue weighted by molar-refractivity contribution is -0.385. The van der Waals surface area contributed by atoms with E-state index >= 15 is 0 Å². The summed E-state index contributed by atoms with van der Waals surface area (Å²) in [6.07, 6.45) is 6.09. The third-order valence-corrected chi connectivity index (χ3v) is 2.87. The molecule has 0 radical (unpaired) electrons. The average Bonchev–Trinajstić information content (AvgIpc) is 2.42. The first kappa shape index (κ1) is 15.4. The highest BCUT2D eigenvalue weighted by Gasteiger charge is 2.12. The van der Waals surface area contributed by atoms with Crippen LogP contribution in [0.2, 0.25) is 0 Å². The second kappa shape index (κ2) is 9.33. The minimum absolute atomic E-state index is 0.0189. The van der Waals surface area contributed by atoms with Gasteiger partial charge in [0.15, 0.2) is 5.75 Å². The summed E-state index contributed by atoms with van der Waals surface area (Å²) in [4.78, 5) is 10.3. The highest BCUT2D eigenvalue weighted by Crippen LogP contribution is 2.25. The highest BCUT2D eigenvalue weighted by molar-refractivity contribution is 5.45. The van der Waals surface area contributed by atoms with Gasteiger partial charge < -0.3 is 9.84 Å². The van der Waals surface area contributed by atoms with Gasteiger partial charge in [-0.15, -0.1) is 0 Å². The zero-order valence-electron chi connectivity index (χ0n) is 11.1. The molecule has 0 aromatic heterocycles. The van der Waals surface area contributed by atoms with Crippen molar-refractivity contribution in [3.8, 4) is 5.75 Å². The van der Waals surface area contributed by atoms with E-state index in [1.165, 1.54) is 6.07 Å². The number of nitrogens with zero attached hydrogens (tertiary/aromatic N) is 1. The van der Waals surface area contributed by atoms with Crippen molar-refractivity contribution in [1.29, 1.82) is 0 Å². The van der Waals surface area contributed by atoms with Crippen LogP contribution < -0.4 is 4.74 Å². The minimum atomic E-state index is -0.426. The zero-order valence-corrected chi connectivity index (χ0v) is 11.1. The van der Waals surface area contributed by atoms with Crippen LogP contribution in [0, 0.1) is 10.1 Å². The van der Waals surface area contributed by atoms with Gasteiger partial charge in [0.05, 0.1) is 11.5 Å². The summed E-state index contributed by atoms with van der Waals surface area (Å²) in [5.74, 6) is 0.341. The van der Waals surface area contributed by atoms with Crippen molar-refractivity contribution in [2.45, 2.75) is 38.5 Å². The fourth-order valence-corrected chi connectivity index (χ4v) is 1.83. The topological polar surface area (TPSA) is 72.6 Å². The molecule has 0 saturated carbocycles. The maximum Gasteiger partial charge on any atom is 0.310 e. The van der Waals surface area contributed by atoms with Gasteiger partial charge in [0.1, 0.15) is 0 Å². The molecule has 5 heteroatoms. The molecule has 0 fully saturated rings. The van der Waals surface area contributed by atoms with E-state index in [9.17, 15) is 10.1 Å². The Morgan fingerprint density at radius 2 is 1.68 bits per heavy atom. The van der Waals surface area contributed by atoms with Gasteiger partial charge in [-0.1, -0.05) is 37.8 Å². The Balaban J connectivity index is 2.17. The number of aliphatic hydroxyl groups excluding tert-OH is 1. The summed E-state index contributed by atoms with van der Waals surface area (Å²) in [7, 11) is 0. The number of nitro groups is 1. The van der Waals surface area contributed by atoms with Crippen LogP contribution in [0.1, 0.15) is 38.5 Å². The molecule has 0 atom stereocenters. The first-order chi connectivity index (χ1) is 9.25. The number of nitro benzene ring substituents is 1. The molecule has 0 aliphatic heterocycles. The van der Waals surface area contributed by atoms with Crippen molar-refractivity contribution in [2.24, 2.45) is 0 Å². The molecular formula is C14H21NO4. The summed E-state index contributed by atoms with van der Waals surface area (Å²) in [5.41, 5.74) is 0.0189. The molecule has 5 nitrogen and oxygen atoms in total. The van der Waals surface area contributed by atoms with Crippen molar-refractivity contribution < 1.29 is 14.8 Å². The molecule has 0 amide bonds. The monoisotopic (exact) mass is 267 g/mol. The smallest absolute Gasteiger partial charge is 0.310 e. The molecular weight excluding hydrogens is 246 g/mol. The van der Waals surface area contributed by atoms with Crippen molar-refractivity contribution in [1.82, 2.24) is 0 Å². The molecule has 0 spiro atoms. The minimum Gasteiger partial charge on any atom is -0.487 e. The maximum absolute atomic E-state index is 10.8. The van der Waals surface area contributed by atoms with Crippen LogP contribution in [-0.4, -0.2) is 23.2 Å². The normalized spacial score (nSPS) is 10.4. The number of hydrogen-bond acceptors (Lipinski definition) is 4. The molecule has 1 rings (SSSR count). The Bertz CT molecular complexity index is 381. The van der Waals surface area contributed by atoms with Crippen LogP contribution in [0.25, 0.3) is 0 Å². The Kier molecular flexibility index (Phi) is 7.58. The number of para-hydroxylation sites is 2. The van der Waals surface area contributed by atoms with Gasteiger partial charge in [0.25, 0.3) is 0 Å². The molecule has 1 aromatic carbocycles. The largest absolute Gasteiger partial charge is 0.487 e. The summed E-state index contributed by atoms with van der Waals surface area (Å²) in [6, 6.07) is 6.44. The number of rotatable bonds is 10. The fraction of sp³-hybridized carbons (Fsp3) is 0.571. The summed E-state index contributed by atoms with van der Waals surface area (Å²) < 4.78 is 5.44. The molecule has 1 aromatic rings. The van der Waals surface area contributed by atoms with Crippen molar-refractivity contribution in [3.63, 3.8) is 0 Å². The number of hydrogen-bond donors (Lipinski definition) is 1. The Labute approximate surface area is 113 Å². The fourth-order valence-electron chi connectivity index (χ4n) is 1.83. The third-order valence-electron chi connectivity index (χ3n) is 2.87. The molecule has 0 aliphatic rings. The Morgan fingerprint density at radius 3 is 2.37 bits per heavy atom. The van der Waals surface area contributed by atoms with E-state index in [4.69, 9.17) is 9.84 Å². The molecule has 0 bridgehead atoms. The van der Waals surface area contributed by atoms with Crippen LogP contribution in [0.15, 0.2) is 24.3 Å². The summed E-state index contributed by atoms with van der Waals surface area (Å²) in [5, 5.41) is 19.4.